The SMILES string of the molecule is B[C@@H]1O[C@H](CO)C(O)C1O. The molecule has 0 amide bonds. The van der Waals surface area contributed by atoms with Gasteiger partial charge in [0.05, 0.1) is 12.6 Å². The van der Waals surface area contributed by atoms with Crippen LogP contribution in [-0.4, -0.2) is 54.1 Å². The van der Waals surface area contributed by atoms with Crippen molar-refractivity contribution in [2.45, 2.75) is 24.3 Å². The lowest BCUT2D eigenvalue weighted by molar-refractivity contribution is -0.00875. The molecular weight excluding hydrogens is 135 g/mol. The minimum absolute atomic E-state index is 0.247. The van der Waals surface area contributed by atoms with Gasteiger partial charge < -0.3 is 20.1 Å². The molecule has 10 heavy (non-hydrogen) atoms. The van der Waals surface area contributed by atoms with E-state index in [4.69, 9.17) is 20.1 Å². The van der Waals surface area contributed by atoms with Crippen LogP contribution in [0.15, 0.2) is 0 Å². The normalized spacial score (nSPS) is 47.9. The van der Waals surface area contributed by atoms with Crippen molar-refractivity contribution in [2.75, 3.05) is 6.61 Å². The van der Waals surface area contributed by atoms with Crippen molar-refractivity contribution < 1.29 is 20.1 Å². The molecule has 1 aliphatic rings. The summed E-state index contributed by atoms with van der Waals surface area (Å²) < 4.78 is 4.98. The first kappa shape index (κ1) is 8.01. The number of hydrogen-bond acceptors (Lipinski definition) is 4. The lowest BCUT2D eigenvalue weighted by atomic mass is 9.93. The van der Waals surface area contributed by atoms with Crippen LogP contribution in [0, 0.1) is 0 Å². The summed E-state index contributed by atoms with van der Waals surface area (Å²) in [5.41, 5.74) is 0. The summed E-state index contributed by atoms with van der Waals surface area (Å²) in [7, 11) is 1.66. The van der Waals surface area contributed by atoms with Crippen LogP contribution in [0.25, 0.3) is 0 Å². The molecule has 1 rings (SSSR count). The Kier molecular flexibility index (Phi) is 2.30. The monoisotopic (exact) mass is 146 g/mol. The van der Waals surface area contributed by atoms with Crippen LogP contribution in [-0.2, 0) is 4.74 Å². The van der Waals surface area contributed by atoms with Gasteiger partial charge in [-0.15, -0.1) is 0 Å². The van der Waals surface area contributed by atoms with Gasteiger partial charge in [-0.05, 0) is 0 Å². The summed E-state index contributed by atoms with van der Waals surface area (Å²) in [5.74, 6) is 0. The minimum atomic E-state index is -0.944. The van der Waals surface area contributed by atoms with Crippen molar-refractivity contribution in [3.05, 3.63) is 0 Å². The van der Waals surface area contributed by atoms with E-state index in [1.165, 1.54) is 0 Å². The van der Waals surface area contributed by atoms with Crippen LogP contribution in [0.4, 0.5) is 0 Å². The molecule has 0 bridgehead atoms. The smallest absolute Gasteiger partial charge is 0.142 e. The van der Waals surface area contributed by atoms with Crippen molar-refractivity contribution >= 4 is 7.85 Å². The zero-order valence-corrected chi connectivity index (χ0v) is 5.77. The molecule has 0 spiro atoms. The van der Waals surface area contributed by atoms with Crippen LogP contribution >= 0.6 is 0 Å². The van der Waals surface area contributed by atoms with Crippen LogP contribution in [0.5, 0.6) is 0 Å². The molecule has 0 radical (unpaired) electrons. The molecule has 1 heterocycles. The Morgan fingerprint density at radius 2 is 1.90 bits per heavy atom. The predicted molar refractivity (Wildman–Crippen MR) is 36.3 cm³/mol. The van der Waals surface area contributed by atoms with Gasteiger partial charge in [-0.3, -0.25) is 0 Å². The Bertz CT molecular complexity index is 120. The first-order valence-corrected chi connectivity index (χ1v) is 3.29. The summed E-state index contributed by atoms with van der Waals surface area (Å²) in [4.78, 5) is 0. The Morgan fingerprint density at radius 3 is 2.10 bits per heavy atom. The number of rotatable bonds is 1. The summed E-state index contributed by atoms with van der Waals surface area (Å²) >= 11 is 0. The van der Waals surface area contributed by atoms with E-state index in [9.17, 15) is 0 Å². The standard InChI is InChI=1S/C5H11BO4/c6-5-4(9)3(8)2(1-7)10-5/h2-5,7-9H,1,6H2/t2-,3?,4?,5-/m1/s1. The topological polar surface area (TPSA) is 69.9 Å². The molecule has 5 heteroatoms. The van der Waals surface area contributed by atoms with E-state index in [0.29, 0.717) is 0 Å². The Balaban J connectivity index is 2.53. The van der Waals surface area contributed by atoms with E-state index >= 15 is 0 Å². The van der Waals surface area contributed by atoms with Gasteiger partial charge in [-0.2, -0.15) is 0 Å². The van der Waals surface area contributed by atoms with Gasteiger partial charge in [0.1, 0.15) is 26.2 Å². The first-order valence-electron chi connectivity index (χ1n) is 3.29. The maximum Gasteiger partial charge on any atom is 0.142 e. The quantitative estimate of drug-likeness (QED) is 0.346. The number of aliphatic hydroxyl groups excluding tert-OH is 3. The molecule has 2 unspecified atom stereocenters. The molecule has 4 nitrogen and oxygen atoms in total. The summed E-state index contributed by atoms with van der Waals surface area (Å²) in [6.45, 7) is -0.247. The van der Waals surface area contributed by atoms with Crippen molar-refractivity contribution in [3.8, 4) is 0 Å². The fraction of sp³-hybridized carbons (Fsp3) is 1.00. The highest BCUT2D eigenvalue weighted by Gasteiger charge is 2.39. The van der Waals surface area contributed by atoms with Gasteiger partial charge in [0.25, 0.3) is 0 Å². The molecule has 3 N–H and O–H groups in total. The Hall–Kier alpha value is -0.0951. The van der Waals surface area contributed by atoms with Crippen LogP contribution in [0.1, 0.15) is 0 Å². The van der Waals surface area contributed by atoms with E-state index in [2.05, 4.69) is 0 Å². The second-order valence-electron chi connectivity index (χ2n) is 2.54. The van der Waals surface area contributed by atoms with Crippen LogP contribution in [0.3, 0.4) is 0 Å². The molecule has 0 saturated carbocycles. The van der Waals surface area contributed by atoms with Gasteiger partial charge in [-0.1, -0.05) is 0 Å². The average Bonchev–Trinajstić information content (AvgIpc) is 2.17. The fourth-order valence-corrected chi connectivity index (χ4v) is 1.09. The van der Waals surface area contributed by atoms with Gasteiger partial charge in [0.2, 0.25) is 0 Å². The average molecular weight is 146 g/mol. The third kappa shape index (κ3) is 1.18. The summed E-state index contributed by atoms with van der Waals surface area (Å²) in [6, 6.07) is -0.382. The van der Waals surface area contributed by atoms with Crippen LogP contribution < -0.4 is 0 Å². The van der Waals surface area contributed by atoms with Gasteiger partial charge in [0.15, 0.2) is 0 Å². The minimum Gasteiger partial charge on any atom is -0.394 e. The van der Waals surface area contributed by atoms with E-state index in [0.717, 1.165) is 0 Å². The summed E-state index contributed by atoms with van der Waals surface area (Å²) in [6.07, 6.45) is -2.43. The zero-order valence-electron chi connectivity index (χ0n) is 5.77. The third-order valence-electron chi connectivity index (χ3n) is 1.78. The van der Waals surface area contributed by atoms with Crippen molar-refractivity contribution in [2.24, 2.45) is 0 Å². The zero-order chi connectivity index (χ0) is 7.72. The molecule has 0 aromatic rings. The van der Waals surface area contributed by atoms with E-state index in [1.807, 2.05) is 0 Å². The van der Waals surface area contributed by atoms with Gasteiger partial charge in [-0.25, -0.2) is 0 Å². The van der Waals surface area contributed by atoms with Crippen molar-refractivity contribution in [1.29, 1.82) is 0 Å². The van der Waals surface area contributed by atoms with E-state index in [-0.39, 0.29) is 12.6 Å². The molecule has 0 aromatic carbocycles. The molecule has 0 aromatic heterocycles. The lowest BCUT2D eigenvalue weighted by Gasteiger charge is -2.10. The molecule has 1 fully saturated rings. The molecule has 58 valence electrons. The predicted octanol–water partition coefficient (Wildman–Crippen LogP) is -2.94. The van der Waals surface area contributed by atoms with Gasteiger partial charge >= 0.3 is 0 Å². The van der Waals surface area contributed by atoms with E-state index in [1.54, 1.807) is 7.85 Å². The largest absolute Gasteiger partial charge is 0.394 e. The molecule has 1 aliphatic heterocycles. The first-order chi connectivity index (χ1) is 4.66. The molecule has 1 saturated heterocycles. The highest BCUT2D eigenvalue weighted by atomic mass is 16.5. The maximum atomic E-state index is 9.09. The Morgan fingerprint density at radius 1 is 1.30 bits per heavy atom. The Labute approximate surface area is 59.8 Å². The van der Waals surface area contributed by atoms with Crippen molar-refractivity contribution in [1.82, 2.24) is 0 Å². The molecular formula is C5H11BO4. The molecule has 4 atom stereocenters. The fourth-order valence-electron chi connectivity index (χ4n) is 1.09. The highest BCUT2D eigenvalue weighted by Crippen LogP contribution is 2.18. The van der Waals surface area contributed by atoms with E-state index < -0.39 is 18.3 Å². The number of ether oxygens (including phenoxy) is 1. The van der Waals surface area contributed by atoms with Crippen molar-refractivity contribution in [3.63, 3.8) is 0 Å². The highest BCUT2D eigenvalue weighted by molar-refractivity contribution is 6.11. The number of aliphatic hydroxyl groups is 3. The number of hydrogen-bond donors (Lipinski definition) is 3. The lowest BCUT2D eigenvalue weighted by Crippen LogP contribution is -2.33. The van der Waals surface area contributed by atoms with Crippen LogP contribution in [0.2, 0.25) is 0 Å². The third-order valence-corrected chi connectivity index (χ3v) is 1.78. The second-order valence-corrected chi connectivity index (χ2v) is 2.54. The summed E-state index contributed by atoms with van der Waals surface area (Å²) in [5, 5.41) is 26.8. The second kappa shape index (κ2) is 2.88. The maximum absolute atomic E-state index is 9.09. The van der Waals surface area contributed by atoms with Gasteiger partial charge in [0, 0.05) is 0 Å². The molecule has 0 aliphatic carbocycles.